The van der Waals surface area contributed by atoms with Crippen LogP contribution in [0.5, 0.6) is 5.75 Å². The maximum atomic E-state index is 13.2. The van der Waals surface area contributed by atoms with Gasteiger partial charge in [0.25, 0.3) is 5.56 Å². The predicted molar refractivity (Wildman–Crippen MR) is 123 cm³/mol. The molecule has 4 rings (SSSR count). The molecule has 1 heterocycles. The van der Waals surface area contributed by atoms with Crippen molar-refractivity contribution in [2.45, 2.75) is 13.0 Å². The third kappa shape index (κ3) is 4.41. The van der Waals surface area contributed by atoms with Crippen LogP contribution in [0, 0.1) is 0 Å². The highest BCUT2D eigenvalue weighted by molar-refractivity contribution is 5.82. The van der Waals surface area contributed by atoms with Crippen molar-refractivity contribution < 1.29 is 14.3 Å². The van der Waals surface area contributed by atoms with Gasteiger partial charge in [0.2, 0.25) is 0 Å². The molecule has 1 atom stereocenters. The number of benzene rings is 3. The molecule has 160 valence electrons. The van der Waals surface area contributed by atoms with Gasteiger partial charge < -0.3 is 9.47 Å². The second kappa shape index (κ2) is 9.26. The van der Waals surface area contributed by atoms with Gasteiger partial charge in [-0.15, -0.1) is 0 Å². The Morgan fingerprint density at radius 2 is 1.78 bits per heavy atom. The first-order valence-corrected chi connectivity index (χ1v) is 10.0. The highest BCUT2D eigenvalue weighted by Crippen LogP contribution is 2.19. The molecule has 0 N–H and O–H groups in total. The number of para-hydroxylation sites is 1. The Morgan fingerprint density at radius 3 is 2.56 bits per heavy atom. The molecule has 1 aromatic heterocycles. The summed E-state index contributed by atoms with van der Waals surface area (Å²) in [7, 11) is 1.31. The summed E-state index contributed by atoms with van der Waals surface area (Å²) in [6.45, 7) is 1.61. The van der Waals surface area contributed by atoms with Crippen molar-refractivity contribution in [1.82, 2.24) is 9.66 Å². The van der Waals surface area contributed by atoms with Crippen LogP contribution >= 0.6 is 0 Å². The first-order valence-electron chi connectivity index (χ1n) is 10.0. The number of ether oxygens (including phenoxy) is 2. The van der Waals surface area contributed by atoms with Gasteiger partial charge in [-0.1, -0.05) is 54.6 Å². The highest BCUT2D eigenvalue weighted by Gasteiger charge is 2.15. The average Bonchev–Trinajstić information content (AvgIpc) is 2.83. The lowest BCUT2D eigenvalue weighted by Gasteiger charge is -2.12. The van der Waals surface area contributed by atoms with Crippen LogP contribution < -0.4 is 10.3 Å². The summed E-state index contributed by atoms with van der Waals surface area (Å²) in [5.74, 6) is 0.460. The molecule has 4 aromatic rings. The molecule has 7 nitrogen and oxygen atoms in total. The highest BCUT2D eigenvalue weighted by atomic mass is 16.6. The minimum atomic E-state index is -0.746. The Morgan fingerprint density at radius 1 is 1.03 bits per heavy atom. The number of hydrogen-bond donors (Lipinski definition) is 0. The van der Waals surface area contributed by atoms with Gasteiger partial charge in [-0.05, 0) is 36.8 Å². The molecule has 32 heavy (non-hydrogen) atoms. The molecule has 0 unspecified atom stereocenters. The van der Waals surface area contributed by atoms with E-state index in [9.17, 15) is 9.59 Å². The standard InChI is InChI=1S/C25H21N3O4/c1-17(25(30)31-2)32-20-12-8-9-18(15-20)16-26-28-23(19-10-4-3-5-11-19)27-22-14-7-6-13-21(22)24(28)29/h3-17H,1-2H3/t17-/m1/s1. The van der Waals surface area contributed by atoms with E-state index in [1.807, 2.05) is 42.5 Å². The predicted octanol–water partition coefficient (Wildman–Crippen LogP) is 3.89. The lowest BCUT2D eigenvalue weighted by molar-refractivity contribution is -0.147. The van der Waals surface area contributed by atoms with E-state index in [2.05, 4.69) is 14.8 Å². The van der Waals surface area contributed by atoms with E-state index in [0.717, 1.165) is 5.56 Å². The number of methoxy groups -OCH3 is 1. The summed E-state index contributed by atoms with van der Waals surface area (Å²) in [6, 6.07) is 23.7. The normalized spacial score (nSPS) is 12.1. The van der Waals surface area contributed by atoms with Crippen LogP contribution in [0.15, 0.2) is 88.8 Å². The SMILES string of the molecule is COC(=O)[C@@H](C)Oc1cccc(C=Nn2c(-c3ccccc3)nc3ccccc3c2=O)c1. The van der Waals surface area contributed by atoms with Crippen molar-refractivity contribution in [3.63, 3.8) is 0 Å². The van der Waals surface area contributed by atoms with E-state index >= 15 is 0 Å². The maximum absolute atomic E-state index is 13.2. The largest absolute Gasteiger partial charge is 0.479 e. The zero-order chi connectivity index (χ0) is 22.5. The van der Waals surface area contributed by atoms with E-state index in [0.29, 0.717) is 28.0 Å². The lowest BCUT2D eigenvalue weighted by atomic mass is 10.2. The Hall–Kier alpha value is -4.26. The fourth-order valence-corrected chi connectivity index (χ4v) is 3.22. The van der Waals surface area contributed by atoms with Gasteiger partial charge in [0.05, 0.1) is 24.2 Å². The van der Waals surface area contributed by atoms with E-state index in [1.54, 1.807) is 49.5 Å². The quantitative estimate of drug-likeness (QED) is 0.344. The number of aromatic nitrogens is 2. The first kappa shape index (κ1) is 21.0. The zero-order valence-electron chi connectivity index (χ0n) is 17.6. The van der Waals surface area contributed by atoms with Crippen molar-refractivity contribution in [3.8, 4) is 17.1 Å². The van der Waals surface area contributed by atoms with Crippen LogP contribution in [0.2, 0.25) is 0 Å². The van der Waals surface area contributed by atoms with Gasteiger partial charge in [0.15, 0.2) is 11.9 Å². The van der Waals surface area contributed by atoms with E-state index in [1.165, 1.54) is 11.8 Å². The molecular weight excluding hydrogens is 406 g/mol. The topological polar surface area (TPSA) is 82.8 Å². The van der Waals surface area contributed by atoms with Crippen LogP contribution in [0.25, 0.3) is 22.3 Å². The molecule has 3 aromatic carbocycles. The second-order valence-electron chi connectivity index (χ2n) is 7.04. The van der Waals surface area contributed by atoms with Gasteiger partial charge in [-0.25, -0.2) is 9.78 Å². The van der Waals surface area contributed by atoms with Crippen LogP contribution in [0.4, 0.5) is 0 Å². The summed E-state index contributed by atoms with van der Waals surface area (Å²) in [6.07, 6.45) is 0.809. The summed E-state index contributed by atoms with van der Waals surface area (Å²) < 4.78 is 11.6. The second-order valence-corrected chi connectivity index (χ2v) is 7.04. The van der Waals surface area contributed by atoms with E-state index < -0.39 is 12.1 Å². The van der Waals surface area contributed by atoms with Crippen LogP contribution in [0.3, 0.4) is 0 Å². The monoisotopic (exact) mass is 427 g/mol. The third-order valence-electron chi connectivity index (χ3n) is 4.81. The zero-order valence-corrected chi connectivity index (χ0v) is 17.6. The number of esters is 1. The maximum Gasteiger partial charge on any atom is 0.346 e. The number of fused-ring (bicyclic) bond motifs is 1. The minimum Gasteiger partial charge on any atom is -0.479 e. The average molecular weight is 427 g/mol. The van der Waals surface area contributed by atoms with Crippen molar-refractivity contribution in [1.29, 1.82) is 0 Å². The van der Waals surface area contributed by atoms with Gasteiger partial charge in [-0.2, -0.15) is 9.78 Å². The van der Waals surface area contributed by atoms with E-state index in [4.69, 9.17) is 4.74 Å². The fraction of sp³-hybridized carbons (Fsp3) is 0.120. The van der Waals surface area contributed by atoms with Gasteiger partial charge in [0, 0.05) is 5.56 Å². The Balaban J connectivity index is 1.74. The van der Waals surface area contributed by atoms with Crippen LogP contribution in [0.1, 0.15) is 12.5 Å². The summed E-state index contributed by atoms with van der Waals surface area (Å²) in [5, 5.41) is 4.92. The molecule has 0 fully saturated rings. The number of carbonyl (C=O) groups excluding carboxylic acids is 1. The van der Waals surface area contributed by atoms with Gasteiger partial charge >= 0.3 is 5.97 Å². The molecule has 0 spiro atoms. The molecular formula is C25H21N3O4. The number of carbonyl (C=O) groups is 1. The summed E-state index contributed by atoms with van der Waals surface area (Å²) in [4.78, 5) is 29.5. The Labute approximate surface area is 184 Å². The third-order valence-corrected chi connectivity index (χ3v) is 4.81. The molecule has 0 saturated carbocycles. The molecule has 0 saturated heterocycles. The van der Waals surface area contributed by atoms with Gasteiger partial charge in [0.1, 0.15) is 5.75 Å². The molecule has 7 heteroatoms. The Kier molecular flexibility index (Phi) is 6.07. The van der Waals surface area contributed by atoms with Crippen molar-refractivity contribution in [2.24, 2.45) is 5.10 Å². The number of rotatable bonds is 6. The number of nitrogens with zero attached hydrogens (tertiary/aromatic N) is 3. The number of hydrogen-bond acceptors (Lipinski definition) is 6. The van der Waals surface area contributed by atoms with Crippen molar-refractivity contribution in [2.75, 3.05) is 7.11 Å². The smallest absolute Gasteiger partial charge is 0.346 e. The minimum absolute atomic E-state index is 0.266. The first-order chi connectivity index (χ1) is 15.6. The molecule has 0 bridgehead atoms. The lowest BCUT2D eigenvalue weighted by Crippen LogP contribution is -2.24. The fourth-order valence-electron chi connectivity index (χ4n) is 3.22. The Bertz CT molecular complexity index is 1350. The molecule has 0 aliphatic heterocycles. The molecule has 0 aliphatic rings. The van der Waals surface area contributed by atoms with Crippen molar-refractivity contribution >= 4 is 23.1 Å². The molecule has 0 aliphatic carbocycles. The molecule has 0 amide bonds. The van der Waals surface area contributed by atoms with E-state index in [-0.39, 0.29) is 5.56 Å². The summed E-state index contributed by atoms with van der Waals surface area (Å²) >= 11 is 0. The molecule has 0 radical (unpaired) electrons. The van der Waals surface area contributed by atoms with Crippen LogP contribution in [-0.2, 0) is 9.53 Å². The van der Waals surface area contributed by atoms with Gasteiger partial charge in [-0.3, -0.25) is 4.79 Å². The van der Waals surface area contributed by atoms with Crippen LogP contribution in [-0.4, -0.2) is 35.1 Å². The van der Waals surface area contributed by atoms with Crippen molar-refractivity contribution in [3.05, 3.63) is 94.8 Å². The summed E-state index contributed by atoms with van der Waals surface area (Å²) in [5.41, 5.74) is 1.81.